The van der Waals surface area contributed by atoms with Crippen molar-refractivity contribution in [3.8, 4) is 11.5 Å². The second kappa shape index (κ2) is 13.7. The lowest BCUT2D eigenvalue weighted by molar-refractivity contribution is -0.0394. The molecule has 0 amide bonds. The highest BCUT2D eigenvalue weighted by atomic mass is 32.3. The highest BCUT2D eigenvalue weighted by molar-refractivity contribution is 8.33. The van der Waals surface area contributed by atoms with Crippen molar-refractivity contribution in [2.24, 2.45) is 0 Å². The highest BCUT2D eigenvalue weighted by Crippen LogP contribution is 2.70. The van der Waals surface area contributed by atoms with Gasteiger partial charge in [0.25, 0.3) is 10.1 Å². The standard InChI is InChI=1S/C32H41NO7S2/c1-4-5-22-41(34,35)40-42(28-18-16-25(17-19-28)33(2)3,29-12-6-10-26(23-29)38-31-14-8-20-36-31)30-13-7-11-27(24-30)39-32-15-9-21-37-32/h6-7,10-13,16-19,23-24,31-32H,4-5,8-9,14-15,20-22H2,1-3H3. The number of ether oxygens (including phenoxy) is 4. The molecule has 228 valence electrons. The maximum absolute atomic E-state index is 13.7. The van der Waals surface area contributed by atoms with Crippen molar-refractivity contribution in [2.75, 3.05) is 38.0 Å². The Kier molecular flexibility index (Phi) is 10.0. The van der Waals surface area contributed by atoms with E-state index in [0.29, 0.717) is 40.9 Å². The number of hydrogen-bond acceptors (Lipinski definition) is 8. The predicted molar refractivity (Wildman–Crippen MR) is 165 cm³/mol. The summed E-state index contributed by atoms with van der Waals surface area (Å²) in [6.45, 7) is 3.29. The van der Waals surface area contributed by atoms with Crippen molar-refractivity contribution in [3.05, 3.63) is 72.8 Å². The van der Waals surface area contributed by atoms with Crippen LogP contribution in [0.15, 0.2) is 87.5 Å². The molecule has 2 aliphatic rings. The van der Waals surface area contributed by atoms with Crippen LogP contribution >= 0.6 is 10.3 Å². The number of benzene rings is 3. The van der Waals surface area contributed by atoms with Crippen LogP contribution in [0.5, 0.6) is 11.5 Å². The molecule has 0 N–H and O–H groups in total. The maximum Gasteiger partial charge on any atom is 0.277 e. The van der Waals surface area contributed by atoms with Gasteiger partial charge in [-0.25, -0.2) is 3.63 Å². The molecule has 2 fully saturated rings. The average Bonchev–Trinajstić information content (AvgIpc) is 3.70. The van der Waals surface area contributed by atoms with Gasteiger partial charge in [-0.3, -0.25) is 0 Å². The molecule has 2 atom stereocenters. The summed E-state index contributed by atoms with van der Waals surface area (Å²) in [7, 11) is -2.83. The van der Waals surface area contributed by atoms with Gasteiger partial charge in [0.1, 0.15) is 11.5 Å². The van der Waals surface area contributed by atoms with E-state index in [1.165, 1.54) is 0 Å². The molecule has 2 heterocycles. The van der Waals surface area contributed by atoms with Crippen molar-refractivity contribution in [3.63, 3.8) is 0 Å². The smallest absolute Gasteiger partial charge is 0.277 e. The zero-order chi connectivity index (χ0) is 29.6. The van der Waals surface area contributed by atoms with E-state index in [2.05, 4.69) is 0 Å². The van der Waals surface area contributed by atoms with Gasteiger partial charge in [0.2, 0.25) is 0 Å². The van der Waals surface area contributed by atoms with Crippen molar-refractivity contribution in [1.82, 2.24) is 0 Å². The van der Waals surface area contributed by atoms with Crippen molar-refractivity contribution in [1.29, 1.82) is 0 Å². The topological polar surface area (TPSA) is 83.5 Å². The molecule has 0 aromatic heterocycles. The third-order valence-corrected chi connectivity index (χ3v) is 12.4. The van der Waals surface area contributed by atoms with Gasteiger partial charge in [-0.2, -0.15) is 8.42 Å². The monoisotopic (exact) mass is 615 g/mol. The number of rotatable bonds is 13. The molecule has 10 heteroatoms. The van der Waals surface area contributed by atoms with E-state index in [4.69, 9.17) is 22.6 Å². The largest absolute Gasteiger partial charge is 0.465 e. The van der Waals surface area contributed by atoms with Gasteiger partial charge in [0.05, 0.1) is 19.0 Å². The Balaban J connectivity index is 1.68. The summed E-state index contributed by atoms with van der Waals surface area (Å²) in [6.07, 6.45) is 4.06. The van der Waals surface area contributed by atoms with Crippen LogP contribution in [-0.4, -0.2) is 54.1 Å². The summed E-state index contributed by atoms with van der Waals surface area (Å²) in [5.74, 6) is 1.12. The Morgan fingerprint density at radius 1 is 0.786 bits per heavy atom. The SMILES string of the molecule is CCCCS(=O)(=O)OS(c1ccc(N(C)C)cc1)(c1cccc(OC2CCCO2)c1)c1cccc(OC2CCCO2)c1. The van der Waals surface area contributed by atoms with Crippen molar-refractivity contribution in [2.45, 2.75) is 72.7 Å². The zero-order valence-corrected chi connectivity index (χ0v) is 26.2. The van der Waals surface area contributed by atoms with E-state index in [0.717, 1.165) is 42.7 Å². The van der Waals surface area contributed by atoms with E-state index in [9.17, 15) is 8.42 Å². The third-order valence-electron chi connectivity index (χ3n) is 7.22. The predicted octanol–water partition coefficient (Wildman–Crippen LogP) is 7.13. The van der Waals surface area contributed by atoms with Crippen LogP contribution in [0.1, 0.15) is 45.4 Å². The van der Waals surface area contributed by atoms with Gasteiger partial charge in [-0.05, 0) is 90.2 Å². The Morgan fingerprint density at radius 2 is 1.33 bits per heavy atom. The van der Waals surface area contributed by atoms with Crippen LogP contribution in [0, 0.1) is 0 Å². The van der Waals surface area contributed by atoms with Gasteiger partial charge in [-0.15, -0.1) is 0 Å². The lowest BCUT2D eigenvalue weighted by atomic mass is 10.3. The first-order valence-electron chi connectivity index (χ1n) is 14.6. The molecule has 0 radical (unpaired) electrons. The molecule has 42 heavy (non-hydrogen) atoms. The fourth-order valence-corrected chi connectivity index (χ4v) is 10.6. The maximum atomic E-state index is 13.7. The first-order chi connectivity index (χ1) is 20.3. The summed E-state index contributed by atoms with van der Waals surface area (Å²) in [5, 5.41) is 0. The molecule has 8 nitrogen and oxygen atoms in total. The van der Waals surface area contributed by atoms with Gasteiger partial charge >= 0.3 is 0 Å². The molecule has 2 saturated heterocycles. The highest BCUT2D eigenvalue weighted by Gasteiger charge is 2.38. The van der Waals surface area contributed by atoms with Crippen LogP contribution in [-0.2, 0) is 23.2 Å². The fraction of sp³-hybridized carbons (Fsp3) is 0.438. The molecule has 2 aliphatic heterocycles. The molecule has 2 unspecified atom stereocenters. The Bertz CT molecular complexity index is 1360. The number of hydrogen-bond donors (Lipinski definition) is 0. The molecule has 3 aromatic rings. The Hall–Kier alpha value is -2.76. The second-order valence-electron chi connectivity index (χ2n) is 10.7. The van der Waals surface area contributed by atoms with Crippen LogP contribution in [0.4, 0.5) is 5.69 Å². The summed E-state index contributed by atoms with van der Waals surface area (Å²) in [4.78, 5) is 4.15. The average molecular weight is 616 g/mol. The fourth-order valence-electron chi connectivity index (χ4n) is 5.01. The van der Waals surface area contributed by atoms with E-state index in [-0.39, 0.29) is 18.3 Å². The van der Waals surface area contributed by atoms with Crippen LogP contribution in [0.3, 0.4) is 0 Å². The minimum absolute atomic E-state index is 0.0771. The molecular formula is C32H41NO7S2. The Morgan fingerprint density at radius 3 is 1.79 bits per heavy atom. The normalized spacial score (nSPS) is 21.0. The van der Waals surface area contributed by atoms with Gasteiger partial charge < -0.3 is 23.8 Å². The lowest BCUT2D eigenvalue weighted by Crippen LogP contribution is -2.18. The summed E-state index contributed by atoms with van der Waals surface area (Å²) < 4.78 is 57.7. The molecule has 5 rings (SSSR count). The van der Waals surface area contributed by atoms with E-state index < -0.39 is 20.4 Å². The first-order valence-corrected chi connectivity index (χ1v) is 17.7. The first kappa shape index (κ1) is 30.7. The molecule has 0 aliphatic carbocycles. The summed E-state index contributed by atoms with van der Waals surface area (Å²) in [6, 6.07) is 23.0. The van der Waals surface area contributed by atoms with E-state index >= 15 is 0 Å². The summed E-state index contributed by atoms with van der Waals surface area (Å²) in [5.41, 5.74) is 0.992. The molecule has 3 aromatic carbocycles. The zero-order valence-electron chi connectivity index (χ0n) is 24.6. The van der Waals surface area contributed by atoms with Crippen LogP contribution in [0.25, 0.3) is 0 Å². The minimum Gasteiger partial charge on any atom is -0.465 e. The van der Waals surface area contributed by atoms with E-state index in [1.807, 2.05) is 98.7 Å². The third kappa shape index (κ3) is 7.23. The number of anilines is 1. The molecule has 0 spiro atoms. The quantitative estimate of drug-likeness (QED) is 0.201. The number of unbranched alkanes of at least 4 members (excludes halogenated alkanes) is 1. The van der Waals surface area contributed by atoms with Crippen molar-refractivity contribution < 1.29 is 31.0 Å². The number of nitrogens with zero attached hydrogens (tertiary/aromatic N) is 1. The van der Waals surface area contributed by atoms with Gasteiger partial charge in [0, 0.05) is 47.3 Å². The van der Waals surface area contributed by atoms with Gasteiger partial charge in [0.15, 0.2) is 12.6 Å². The lowest BCUT2D eigenvalue weighted by Gasteiger charge is -2.40. The molecule has 0 saturated carbocycles. The summed E-state index contributed by atoms with van der Waals surface area (Å²) >= 11 is 0. The van der Waals surface area contributed by atoms with Crippen LogP contribution in [0.2, 0.25) is 0 Å². The minimum atomic E-state index is -3.95. The second-order valence-corrected chi connectivity index (χ2v) is 15.3. The van der Waals surface area contributed by atoms with Gasteiger partial charge in [-0.1, -0.05) is 25.5 Å². The van der Waals surface area contributed by atoms with E-state index in [1.54, 1.807) is 0 Å². The van der Waals surface area contributed by atoms with Crippen LogP contribution < -0.4 is 14.4 Å². The molecule has 0 bridgehead atoms. The molecular weight excluding hydrogens is 574 g/mol. The van der Waals surface area contributed by atoms with Crippen molar-refractivity contribution >= 4 is 26.1 Å². The Labute approximate surface area is 251 Å².